The first kappa shape index (κ1) is 14.1. The molecule has 0 aromatic carbocycles. The lowest BCUT2D eigenvalue weighted by atomic mass is 10.0. The molecule has 0 saturated heterocycles. The van der Waals surface area contributed by atoms with Gasteiger partial charge in [-0.15, -0.1) is 11.3 Å². The Kier molecular flexibility index (Phi) is 3.94. The van der Waals surface area contributed by atoms with E-state index < -0.39 is 5.60 Å². The maximum absolute atomic E-state index is 12.1. The Morgan fingerprint density at radius 2 is 2.00 bits per heavy atom. The number of aromatic nitrogens is 3. The monoisotopic (exact) mass is 304 g/mol. The predicted octanol–water partition coefficient (Wildman–Crippen LogP) is 1.63. The first-order valence-corrected chi connectivity index (χ1v) is 7.72. The molecule has 2 heterocycles. The van der Waals surface area contributed by atoms with Gasteiger partial charge in [0, 0.05) is 18.9 Å². The largest absolute Gasteiger partial charge is 0.388 e. The average molecular weight is 304 g/mol. The van der Waals surface area contributed by atoms with Gasteiger partial charge in [0.25, 0.3) is 5.91 Å². The summed E-state index contributed by atoms with van der Waals surface area (Å²) in [5, 5.41) is 13.6. The van der Waals surface area contributed by atoms with Crippen molar-refractivity contribution in [3.63, 3.8) is 0 Å². The average Bonchev–Trinajstić information content (AvgIpc) is 3.16. The molecule has 21 heavy (non-hydrogen) atoms. The van der Waals surface area contributed by atoms with Crippen molar-refractivity contribution in [2.45, 2.75) is 31.3 Å². The van der Waals surface area contributed by atoms with E-state index in [-0.39, 0.29) is 5.91 Å². The highest BCUT2D eigenvalue weighted by molar-refractivity contribution is 7.16. The third-order valence-corrected chi connectivity index (χ3v) is 4.59. The van der Waals surface area contributed by atoms with Crippen LogP contribution in [0.1, 0.15) is 35.4 Å². The Hall–Kier alpha value is -1.86. The molecule has 3 rings (SSSR count). The van der Waals surface area contributed by atoms with Crippen molar-refractivity contribution in [3.8, 4) is 10.8 Å². The molecule has 2 aromatic heterocycles. The molecule has 0 unspecified atom stereocenters. The van der Waals surface area contributed by atoms with Crippen LogP contribution in [0.25, 0.3) is 10.8 Å². The van der Waals surface area contributed by atoms with E-state index in [1.54, 1.807) is 18.5 Å². The zero-order chi connectivity index (χ0) is 14.7. The molecule has 2 aromatic rings. The van der Waals surface area contributed by atoms with Gasteiger partial charge in [0.15, 0.2) is 10.8 Å². The highest BCUT2D eigenvalue weighted by atomic mass is 32.1. The molecule has 0 spiro atoms. The van der Waals surface area contributed by atoms with E-state index in [4.69, 9.17) is 0 Å². The number of nitrogens with one attached hydrogen (secondary N) is 1. The summed E-state index contributed by atoms with van der Waals surface area (Å²) in [6, 6.07) is 1.73. The van der Waals surface area contributed by atoms with Crippen LogP contribution in [-0.2, 0) is 0 Å². The molecule has 7 heteroatoms. The summed E-state index contributed by atoms with van der Waals surface area (Å²) in [5.74, 6) is 0.297. The fraction of sp³-hybridized carbons (Fsp3) is 0.429. The molecule has 1 amide bonds. The van der Waals surface area contributed by atoms with Gasteiger partial charge >= 0.3 is 0 Å². The smallest absolute Gasteiger partial charge is 0.263 e. The number of carbonyl (C=O) groups excluding carboxylic acids is 1. The van der Waals surface area contributed by atoms with Gasteiger partial charge in [-0.25, -0.2) is 15.0 Å². The molecule has 0 bridgehead atoms. The fourth-order valence-corrected chi connectivity index (χ4v) is 3.21. The molecule has 0 atom stereocenters. The first-order chi connectivity index (χ1) is 10.2. The molecular weight excluding hydrogens is 288 g/mol. The van der Waals surface area contributed by atoms with E-state index in [1.807, 2.05) is 0 Å². The number of amides is 1. The molecule has 0 aliphatic heterocycles. The summed E-state index contributed by atoms with van der Waals surface area (Å²) in [4.78, 5) is 25.0. The molecule has 1 fully saturated rings. The summed E-state index contributed by atoms with van der Waals surface area (Å²) in [6.45, 7) is 0.293. The summed E-state index contributed by atoms with van der Waals surface area (Å²) in [5.41, 5.74) is -0.744. The standard InChI is InChI=1S/C14H16N4O2S/c19-12(18-9-14(20)4-1-2-5-14)10-8-17-13(21-10)11-15-6-3-7-16-11/h3,6-8,20H,1-2,4-5,9H2,(H,18,19). The molecule has 1 aliphatic rings. The minimum atomic E-state index is -0.744. The van der Waals surface area contributed by atoms with Crippen LogP contribution in [0.4, 0.5) is 0 Å². The zero-order valence-corrected chi connectivity index (χ0v) is 12.3. The van der Waals surface area contributed by atoms with Gasteiger partial charge in [-0.05, 0) is 18.9 Å². The van der Waals surface area contributed by atoms with Crippen molar-refractivity contribution < 1.29 is 9.90 Å². The summed E-state index contributed by atoms with van der Waals surface area (Å²) < 4.78 is 0. The topological polar surface area (TPSA) is 88.0 Å². The normalized spacial score (nSPS) is 16.8. The van der Waals surface area contributed by atoms with Crippen molar-refractivity contribution >= 4 is 17.2 Å². The Labute approximate surface area is 126 Å². The quantitative estimate of drug-likeness (QED) is 0.896. The summed E-state index contributed by atoms with van der Waals surface area (Å²) in [7, 11) is 0. The molecular formula is C14H16N4O2S. The number of carbonyl (C=O) groups is 1. The van der Waals surface area contributed by atoms with Crippen LogP contribution in [0.15, 0.2) is 24.7 Å². The molecule has 1 aliphatic carbocycles. The van der Waals surface area contributed by atoms with Crippen molar-refractivity contribution in [3.05, 3.63) is 29.5 Å². The van der Waals surface area contributed by atoms with E-state index in [0.29, 0.717) is 22.3 Å². The van der Waals surface area contributed by atoms with Crippen LogP contribution < -0.4 is 5.32 Å². The van der Waals surface area contributed by atoms with Gasteiger partial charge in [0.2, 0.25) is 0 Å². The maximum Gasteiger partial charge on any atom is 0.263 e. The number of rotatable bonds is 4. The second-order valence-corrected chi connectivity index (χ2v) is 6.25. The first-order valence-electron chi connectivity index (χ1n) is 6.90. The lowest BCUT2D eigenvalue weighted by Crippen LogP contribution is -2.40. The van der Waals surface area contributed by atoms with Crippen LogP contribution in [0.3, 0.4) is 0 Å². The van der Waals surface area contributed by atoms with Gasteiger partial charge in [0.1, 0.15) is 4.88 Å². The van der Waals surface area contributed by atoms with Crippen LogP contribution in [0.5, 0.6) is 0 Å². The van der Waals surface area contributed by atoms with E-state index >= 15 is 0 Å². The van der Waals surface area contributed by atoms with Gasteiger partial charge in [-0.3, -0.25) is 4.79 Å². The van der Waals surface area contributed by atoms with Gasteiger partial charge in [-0.1, -0.05) is 12.8 Å². The molecule has 2 N–H and O–H groups in total. The van der Waals surface area contributed by atoms with Crippen LogP contribution >= 0.6 is 11.3 Å². The summed E-state index contributed by atoms with van der Waals surface area (Å²) >= 11 is 1.25. The highest BCUT2D eigenvalue weighted by Gasteiger charge is 2.31. The predicted molar refractivity (Wildman–Crippen MR) is 78.9 cm³/mol. The van der Waals surface area contributed by atoms with Gasteiger partial charge < -0.3 is 10.4 Å². The highest BCUT2D eigenvalue weighted by Crippen LogP contribution is 2.29. The van der Waals surface area contributed by atoms with Crippen molar-refractivity contribution in [2.75, 3.05) is 6.54 Å². The molecule has 0 radical (unpaired) electrons. The van der Waals surface area contributed by atoms with E-state index in [0.717, 1.165) is 25.7 Å². The Balaban J connectivity index is 1.64. The lowest BCUT2D eigenvalue weighted by Gasteiger charge is -2.21. The molecule has 1 saturated carbocycles. The van der Waals surface area contributed by atoms with Crippen LogP contribution in [0.2, 0.25) is 0 Å². The van der Waals surface area contributed by atoms with E-state index in [2.05, 4.69) is 20.3 Å². The molecule has 6 nitrogen and oxygen atoms in total. The van der Waals surface area contributed by atoms with E-state index in [1.165, 1.54) is 17.5 Å². The van der Waals surface area contributed by atoms with Gasteiger partial charge in [-0.2, -0.15) is 0 Å². The second kappa shape index (κ2) is 5.87. The third kappa shape index (κ3) is 3.25. The SMILES string of the molecule is O=C(NCC1(O)CCCC1)c1cnc(-c2ncccn2)s1. The molecule has 110 valence electrons. The van der Waals surface area contributed by atoms with E-state index in [9.17, 15) is 9.90 Å². The maximum atomic E-state index is 12.1. The Morgan fingerprint density at radius 1 is 1.29 bits per heavy atom. The van der Waals surface area contributed by atoms with Crippen molar-refractivity contribution in [2.24, 2.45) is 0 Å². The second-order valence-electron chi connectivity index (χ2n) is 5.22. The summed E-state index contributed by atoms with van der Waals surface area (Å²) in [6.07, 6.45) is 8.32. The minimum Gasteiger partial charge on any atom is -0.388 e. The van der Waals surface area contributed by atoms with Crippen molar-refractivity contribution in [1.82, 2.24) is 20.3 Å². The van der Waals surface area contributed by atoms with Crippen LogP contribution in [0, 0.1) is 0 Å². The zero-order valence-electron chi connectivity index (χ0n) is 11.5. The Morgan fingerprint density at radius 3 is 2.71 bits per heavy atom. The Bertz CT molecular complexity index is 623. The number of nitrogens with zero attached hydrogens (tertiary/aromatic N) is 3. The van der Waals surface area contributed by atoms with Crippen molar-refractivity contribution in [1.29, 1.82) is 0 Å². The number of aliphatic hydroxyl groups is 1. The van der Waals surface area contributed by atoms with Gasteiger partial charge in [0.05, 0.1) is 11.8 Å². The minimum absolute atomic E-state index is 0.213. The third-order valence-electron chi connectivity index (χ3n) is 3.60. The number of hydrogen-bond acceptors (Lipinski definition) is 6. The number of thiazole rings is 1. The lowest BCUT2D eigenvalue weighted by molar-refractivity contribution is 0.0450. The fourth-order valence-electron chi connectivity index (χ4n) is 2.43. The number of hydrogen-bond donors (Lipinski definition) is 2. The van der Waals surface area contributed by atoms with Crippen LogP contribution in [-0.4, -0.2) is 38.1 Å².